The van der Waals surface area contributed by atoms with E-state index in [0.717, 1.165) is 15.4 Å². The van der Waals surface area contributed by atoms with Crippen molar-refractivity contribution in [1.29, 1.82) is 0 Å². The van der Waals surface area contributed by atoms with E-state index in [4.69, 9.17) is 4.74 Å². The van der Waals surface area contributed by atoms with Crippen molar-refractivity contribution < 1.29 is 22.7 Å². The summed E-state index contributed by atoms with van der Waals surface area (Å²) in [6, 6.07) is 19.3. The normalized spacial score (nSPS) is 14.5. The van der Waals surface area contributed by atoms with Crippen LogP contribution in [0.25, 0.3) is 0 Å². The fourth-order valence-electron chi connectivity index (χ4n) is 3.61. The van der Waals surface area contributed by atoms with Gasteiger partial charge < -0.3 is 10.1 Å². The first-order chi connectivity index (χ1) is 15.8. The maximum absolute atomic E-state index is 13.4. The molecular weight excluding hydrogens is 442 g/mol. The van der Waals surface area contributed by atoms with E-state index in [1.807, 2.05) is 25.1 Å². The standard InChI is InChI=1S/C24H23N3O5S/c1-17-6-5-7-19(14-17)27-24(29)26(21-8-3-4-9-22(21)33(27,30)31)16-23(28)25-15-18-10-12-20(32-2)13-11-18/h3-14H,15-16H2,1-2H3,(H,25,28). The lowest BCUT2D eigenvalue weighted by Crippen LogP contribution is -2.53. The summed E-state index contributed by atoms with van der Waals surface area (Å²) >= 11 is 0. The molecule has 1 heterocycles. The number of aryl methyl sites for hydroxylation is 1. The molecule has 0 saturated carbocycles. The molecule has 0 aromatic heterocycles. The lowest BCUT2D eigenvalue weighted by molar-refractivity contribution is -0.119. The second-order valence-electron chi connectivity index (χ2n) is 7.57. The highest BCUT2D eigenvalue weighted by molar-refractivity contribution is 7.94. The molecule has 170 valence electrons. The van der Waals surface area contributed by atoms with Gasteiger partial charge in [-0.05, 0) is 54.4 Å². The maximum Gasteiger partial charge on any atom is 0.343 e. The van der Waals surface area contributed by atoms with Gasteiger partial charge in [-0.15, -0.1) is 0 Å². The summed E-state index contributed by atoms with van der Waals surface area (Å²) in [6.45, 7) is 1.74. The SMILES string of the molecule is COc1ccc(CNC(=O)CN2C(=O)N(c3cccc(C)c3)S(=O)(=O)c3ccccc32)cc1. The molecule has 3 aromatic rings. The molecule has 0 radical (unpaired) electrons. The van der Waals surface area contributed by atoms with Crippen molar-refractivity contribution in [3.05, 3.63) is 83.9 Å². The molecular formula is C24H23N3O5S. The van der Waals surface area contributed by atoms with Crippen LogP contribution in [-0.2, 0) is 21.4 Å². The number of anilines is 2. The summed E-state index contributed by atoms with van der Waals surface area (Å²) in [7, 11) is -2.56. The van der Waals surface area contributed by atoms with Crippen LogP contribution in [0.5, 0.6) is 5.75 Å². The minimum absolute atomic E-state index is 0.0333. The van der Waals surface area contributed by atoms with E-state index in [-0.39, 0.29) is 29.4 Å². The van der Waals surface area contributed by atoms with E-state index in [9.17, 15) is 18.0 Å². The minimum atomic E-state index is -4.13. The number of nitrogens with zero attached hydrogens (tertiary/aromatic N) is 2. The molecule has 9 heteroatoms. The largest absolute Gasteiger partial charge is 0.497 e. The monoisotopic (exact) mass is 465 g/mol. The van der Waals surface area contributed by atoms with Gasteiger partial charge in [-0.3, -0.25) is 9.69 Å². The van der Waals surface area contributed by atoms with Gasteiger partial charge in [-0.25, -0.2) is 13.2 Å². The molecule has 3 amide bonds. The molecule has 8 nitrogen and oxygen atoms in total. The van der Waals surface area contributed by atoms with E-state index in [1.165, 1.54) is 17.0 Å². The number of methoxy groups -OCH3 is 1. The first kappa shape index (κ1) is 22.3. The summed E-state index contributed by atoms with van der Waals surface area (Å²) in [5, 5.41) is 2.78. The number of amides is 3. The number of carbonyl (C=O) groups excluding carboxylic acids is 2. The number of sulfonamides is 1. The van der Waals surface area contributed by atoms with Crippen molar-refractivity contribution in [2.75, 3.05) is 22.9 Å². The molecule has 0 spiro atoms. The zero-order valence-corrected chi connectivity index (χ0v) is 19.0. The van der Waals surface area contributed by atoms with E-state index in [0.29, 0.717) is 5.75 Å². The fourth-order valence-corrected chi connectivity index (χ4v) is 5.20. The number of fused-ring (bicyclic) bond motifs is 1. The second kappa shape index (κ2) is 8.95. The van der Waals surface area contributed by atoms with Gasteiger partial charge in [0.2, 0.25) is 5.91 Å². The van der Waals surface area contributed by atoms with Crippen LogP contribution in [0.1, 0.15) is 11.1 Å². The zero-order valence-electron chi connectivity index (χ0n) is 18.2. The van der Waals surface area contributed by atoms with Gasteiger partial charge in [0, 0.05) is 6.54 Å². The van der Waals surface area contributed by atoms with E-state index in [2.05, 4.69) is 5.32 Å². The van der Waals surface area contributed by atoms with E-state index in [1.54, 1.807) is 49.6 Å². The third kappa shape index (κ3) is 4.40. The molecule has 0 fully saturated rings. The molecule has 1 aliphatic rings. The van der Waals surface area contributed by atoms with Crippen LogP contribution in [0, 0.1) is 6.92 Å². The Labute approximate surface area is 192 Å². The first-order valence-corrected chi connectivity index (χ1v) is 11.7. The van der Waals surface area contributed by atoms with E-state index >= 15 is 0 Å². The molecule has 1 aliphatic heterocycles. The van der Waals surface area contributed by atoms with Crippen molar-refractivity contribution in [1.82, 2.24) is 5.32 Å². The molecule has 4 rings (SSSR count). The van der Waals surface area contributed by atoms with Crippen molar-refractivity contribution >= 4 is 33.3 Å². The molecule has 3 aromatic carbocycles. The quantitative estimate of drug-likeness (QED) is 0.602. The van der Waals surface area contributed by atoms with Crippen LogP contribution in [-0.4, -0.2) is 34.0 Å². The third-order valence-electron chi connectivity index (χ3n) is 5.27. The Morgan fingerprint density at radius 2 is 1.73 bits per heavy atom. The average molecular weight is 466 g/mol. The molecule has 0 bridgehead atoms. The number of benzene rings is 3. The molecule has 33 heavy (non-hydrogen) atoms. The lowest BCUT2D eigenvalue weighted by atomic mass is 10.2. The smallest absolute Gasteiger partial charge is 0.343 e. The van der Waals surface area contributed by atoms with Gasteiger partial charge in [0.1, 0.15) is 17.2 Å². The molecule has 0 unspecified atom stereocenters. The van der Waals surface area contributed by atoms with Gasteiger partial charge in [0.15, 0.2) is 0 Å². The summed E-state index contributed by atoms with van der Waals surface area (Å²) in [5.41, 5.74) is 2.06. The Hall–Kier alpha value is -3.85. The maximum atomic E-state index is 13.4. The Balaban J connectivity index is 1.61. The number of urea groups is 1. The van der Waals surface area contributed by atoms with Crippen molar-refractivity contribution in [3.8, 4) is 5.75 Å². The predicted molar refractivity (Wildman–Crippen MR) is 125 cm³/mol. The Bertz CT molecular complexity index is 1310. The first-order valence-electron chi connectivity index (χ1n) is 10.2. The lowest BCUT2D eigenvalue weighted by Gasteiger charge is -2.35. The van der Waals surface area contributed by atoms with Gasteiger partial charge >= 0.3 is 6.03 Å². The number of hydrogen-bond donors (Lipinski definition) is 1. The third-order valence-corrected chi connectivity index (χ3v) is 7.01. The van der Waals surface area contributed by atoms with E-state index < -0.39 is 22.0 Å². The van der Waals surface area contributed by atoms with Crippen LogP contribution in [0.4, 0.5) is 16.2 Å². The molecule has 0 aliphatic carbocycles. The van der Waals surface area contributed by atoms with Crippen LogP contribution in [0.15, 0.2) is 77.7 Å². The van der Waals surface area contributed by atoms with Crippen molar-refractivity contribution in [3.63, 3.8) is 0 Å². The van der Waals surface area contributed by atoms with Crippen LogP contribution in [0.3, 0.4) is 0 Å². The predicted octanol–water partition coefficient (Wildman–Crippen LogP) is 3.46. The average Bonchev–Trinajstić information content (AvgIpc) is 2.81. The Kier molecular flexibility index (Phi) is 6.06. The number of hydrogen-bond acceptors (Lipinski definition) is 5. The molecule has 0 saturated heterocycles. The number of ether oxygens (including phenoxy) is 1. The zero-order chi connectivity index (χ0) is 23.6. The van der Waals surface area contributed by atoms with Crippen molar-refractivity contribution in [2.45, 2.75) is 18.4 Å². The molecule has 0 atom stereocenters. The summed E-state index contributed by atoms with van der Waals surface area (Å²) in [4.78, 5) is 27.2. The van der Waals surface area contributed by atoms with Gasteiger partial charge in [0.05, 0.1) is 18.5 Å². The highest BCUT2D eigenvalue weighted by atomic mass is 32.2. The number of para-hydroxylation sites is 1. The van der Waals surface area contributed by atoms with Gasteiger partial charge in [0.25, 0.3) is 10.0 Å². The Morgan fingerprint density at radius 1 is 1.00 bits per heavy atom. The highest BCUT2D eigenvalue weighted by Gasteiger charge is 2.43. The van der Waals surface area contributed by atoms with Gasteiger partial charge in [-0.1, -0.05) is 36.4 Å². The summed E-state index contributed by atoms with van der Waals surface area (Å²) < 4.78 is 32.5. The number of carbonyl (C=O) groups is 2. The minimum Gasteiger partial charge on any atom is -0.497 e. The number of nitrogens with one attached hydrogen (secondary N) is 1. The topological polar surface area (TPSA) is 96.0 Å². The Morgan fingerprint density at radius 3 is 2.42 bits per heavy atom. The summed E-state index contributed by atoms with van der Waals surface area (Å²) in [6.07, 6.45) is 0. The van der Waals surface area contributed by atoms with Crippen LogP contribution >= 0.6 is 0 Å². The number of rotatable bonds is 6. The van der Waals surface area contributed by atoms with Gasteiger partial charge in [-0.2, -0.15) is 4.31 Å². The van der Waals surface area contributed by atoms with Crippen molar-refractivity contribution in [2.24, 2.45) is 0 Å². The van der Waals surface area contributed by atoms with Crippen LogP contribution in [0.2, 0.25) is 0 Å². The fraction of sp³-hybridized carbons (Fsp3) is 0.167. The van der Waals surface area contributed by atoms with Crippen LogP contribution < -0.4 is 19.3 Å². The summed E-state index contributed by atoms with van der Waals surface area (Å²) in [5.74, 6) is 0.288. The second-order valence-corrected chi connectivity index (χ2v) is 9.32. The molecule has 1 N–H and O–H groups in total. The highest BCUT2D eigenvalue weighted by Crippen LogP contribution is 2.37.